The third-order valence-electron chi connectivity index (χ3n) is 7.01. The van der Waals surface area contributed by atoms with Crippen LogP contribution in [-0.4, -0.2) is 25.4 Å². The van der Waals surface area contributed by atoms with Crippen LogP contribution >= 0.6 is 0 Å². The summed E-state index contributed by atoms with van der Waals surface area (Å²) >= 11 is -5.17. The predicted octanol–water partition coefficient (Wildman–Crippen LogP) is 7.44. The molecule has 2 aliphatic carbocycles. The molecule has 0 heterocycles. The van der Waals surface area contributed by atoms with Crippen LogP contribution in [0.2, 0.25) is 0 Å². The number of allylic oxidation sites excluding steroid dienone is 8. The molecule has 4 rings (SSSR count). The van der Waals surface area contributed by atoms with Gasteiger partial charge in [0.15, 0.2) is 0 Å². The Morgan fingerprint density at radius 2 is 1.12 bits per heavy atom. The molecule has 2 N–H and O–H groups in total. The molecular formula is C32H34F4N2O4Ti. The molecule has 0 unspecified atom stereocenters. The second-order valence-corrected chi connectivity index (χ2v) is 17.1. The van der Waals surface area contributed by atoms with Gasteiger partial charge in [-0.25, -0.2) is 0 Å². The van der Waals surface area contributed by atoms with Gasteiger partial charge in [0.25, 0.3) is 0 Å². The average Bonchev–Trinajstić information content (AvgIpc) is 3.69. The van der Waals surface area contributed by atoms with Crippen LogP contribution in [0, 0.1) is 35.1 Å². The quantitative estimate of drug-likeness (QED) is 0.211. The van der Waals surface area contributed by atoms with Crippen molar-refractivity contribution in [1.29, 1.82) is 0 Å². The molecule has 2 aliphatic rings. The van der Waals surface area contributed by atoms with Gasteiger partial charge in [0.1, 0.15) is 0 Å². The molecule has 6 nitrogen and oxygen atoms in total. The van der Waals surface area contributed by atoms with Gasteiger partial charge in [-0.2, -0.15) is 0 Å². The number of carbonyl (C=O) groups excluding carboxylic acids is 2. The van der Waals surface area contributed by atoms with Gasteiger partial charge >= 0.3 is 252 Å². The number of amides is 2. The van der Waals surface area contributed by atoms with E-state index in [4.69, 9.17) is 9.47 Å². The SMILES string of the molecule is CC(C)COC(=O)Nc1ccc(F)[c]([Ti]([C]2=CC=CC2)([C]2=CC=CC2)[c]2c(F)ccc(NC(=O)OCC(C)C)c2F)c1F. The van der Waals surface area contributed by atoms with Gasteiger partial charge < -0.3 is 0 Å². The molecule has 0 radical (unpaired) electrons. The van der Waals surface area contributed by atoms with Gasteiger partial charge in [-0.15, -0.1) is 0 Å². The number of rotatable bonds is 10. The molecule has 0 aromatic heterocycles. The molecule has 228 valence electrons. The molecule has 0 spiro atoms. The summed E-state index contributed by atoms with van der Waals surface area (Å²) in [5, 5.41) is 4.65. The topological polar surface area (TPSA) is 76.7 Å². The van der Waals surface area contributed by atoms with E-state index in [0.717, 1.165) is 24.3 Å². The number of halogens is 4. The van der Waals surface area contributed by atoms with E-state index in [1.807, 2.05) is 27.7 Å². The number of nitrogens with one attached hydrogen (secondary N) is 2. The van der Waals surface area contributed by atoms with Crippen LogP contribution in [-0.2, 0) is 26.1 Å². The van der Waals surface area contributed by atoms with Crippen LogP contribution in [0.5, 0.6) is 0 Å². The summed E-state index contributed by atoms with van der Waals surface area (Å²) in [6, 6.07) is 4.05. The van der Waals surface area contributed by atoms with Crippen LogP contribution in [0.3, 0.4) is 0 Å². The Labute approximate surface area is 251 Å². The summed E-state index contributed by atoms with van der Waals surface area (Å²) in [7, 11) is 0. The molecule has 11 heteroatoms. The summed E-state index contributed by atoms with van der Waals surface area (Å²) in [5.74, 6) is -4.27. The van der Waals surface area contributed by atoms with Crippen molar-refractivity contribution in [3.63, 3.8) is 0 Å². The number of anilines is 2. The minimum absolute atomic E-state index is 0.0140. The number of benzene rings is 2. The predicted molar refractivity (Wildman–Crippen MR) is 155 cm³/mol. The first-order valence-corrected chi connectivity index (χ1v) is 17.2. The Kier molecular flexibility index (Phi) is 10.3. The van der Waals surface area contributed by atoms with Crippen molar-refractivity contribution < 1.29 is 53.2 Å². The molecular weight excluding hydrogens is 600 g/mol. The van der Waals surface area contributed by atoms with Gasteiger partial charge in [0.05, 0.1) is 0 Å². The van der Waals surface area contributed by atoms with Crippen LogP contribution in [0.1, 0.15) is 40.5 Å². The summed E-state index contributed by atoms with van der Waals surface area (Å²) in [6.45, 7) is 7.44. The molecule has 43 heavy (non-hydrogen) atoms. The Bertz CT molecular complexity index is 1420. The molecule has 0 fully saturated rings. The van der Waals surface area contributed by atoms with Crippen molar-refractivity contribution in [2.45, 2.75) is 40.5 Å². The Morgan fingerprint density at radius 1 is 0.721 bits per heavy atom. The third-order valence-corrected chi connectivity index (χ3v) is 14.9. The Hall–Kier alpha value is -3.63. The first-order valence-electron chi connectivity index (χ1n) is 14.0. The zero-order chi connectivity index (χ0) is 31.3. The van der Waals surface area contributed by atoms with Crippen molar-refractivity contribution in [3.8, 4) is 0 Å². The van der Waals surface area contributed by atoms with Crippen LogP contribution < -0.4 is 18.4 Å². The van der Waals surface area contributed by atoms with E-state index < -0.39 is 59.8 Å². The van der Waals surface area contributed by atoms with E-state index in [2.05, 4.69) is 10.6 Å². The Balaban J connectivity index is 1.96. The van der Waals surface area contributed by atoms with Crippen LogP contribution in [0.15, 0.2) is 68.5 Å². The summed E-state index contributed by atoms with van der Waals surface area (Å²) < 4.78 is 75.7. The fraction of sp³-hybridized carbons (Fsp3) is 0.312. The van der Waals surface area contributed by atoms with Gasteiger partial charge in [-0.3, -0.25) is 0 Å². The molecule has 0 aliphatic heterocycles. The van der Waals surface area contributed by atoms with E-state index in [1.165, 1.54) is 0 Å². The summed E-state index contributed by atoms with van der Waals surface area (Å²) in [4.78, 5) is 24.9. The summed E-state index contributed by atoms with van der Waals surface area (Å²) in [6.07, 6.45) is 8.66. The number of carbonyl (C=O) groups is 2. The van der Waals surface area contributed by atoms with E-state index >= 15 is 17.6 Å². The standard InChI is InChI=1S/2C11H12F2NO2.2C5H5.Ti/c2*1-7(2)6-16-11(15)14-10-4-3-8(12)5-9(10)13;2*1-2-4-5-3-1;/h2*3-4,7H,6H2,1-2H3,(H,14,15);2*1-3H,4H2;. The van der Waals surface area contributed by atoms with Crippen molar-refractivity contribution in [1.82, 2.24) is 0 Å². The van der Waals surface area contributed by atoms with Crippen LogP contribution in [0.4, 0.5) is 38.5 Å². The van der Waals surface area contributed by atoms with Crippen molar-refractivity contribution in [2.24, 2.45) is 11.8 Å². The Morgan fingerprint density at radius 3 is 1.44 bits per heavy atom. The zero-order valence-corrected chi connectivity index (χ0v) is 26.0. The molecule has 2 aromatic rings. The fourth-order valence-electron chi connectivity index (χ4n) is 5.19. The van der Waals surface area contributed by atoms with Gasteiger partial charge in [-0.1, -0.05) is 0 Å². The normalized spacial score (nSPS) is 14.3. The first-order chi connectivity index (χ1) is 20.5. The number of hydrogen-bond donors (Lipinski definition) is 2. The zero-order valence-electron chi connectivity index (χ0n) is 24.4. The van der Waals surface area contributed by atoms with Gasteiger partial charge in [-0.05, 0) is 0 Å². The van der Waals surface area contributed by atoms with Crippen LogP contribution in [0.25, 0.3) is 0 Å². The van der Waals surface area contributed by atoms with E-state index in [9.17, 15) is 9.59 Å². The second kappa shape index (κ2) is 13.8. The van der Waals surface area contributed by atoms with E-state index in [1.54, 1.807) is 36.5 Å². The van der Waals surface area contributed by atoms with E-state index in [0.29, 0.717) is 7.76 Å². The third kappa shape index (κ3) is 6.81. The maximum atomic E-state index is 16.6. The van der Waals surface area contributed by atoms with Gasteiger partial charge in [0, 0.05) is 0 Å². The molecule has 0 saturated carbocycles. The van der Waals surface area contributed by atoms with Crippen molar-refractivity contribution in [2.75, 3.05) is 23.8 Å². The maximum absolute atomic E-state index is 16.6. The monoisotopic (exact) mass is 634 g/mol. The minimum atomic E-state index is -5.17. The number of hydrogen-bond acceptors (Lipinski definition) is 4. The van der Waals surface area contributed by atoms with Gasteiger partial charge in [0.2, 0.25) is 0 Å². The molecule has 2 amide bonds. The molecule has 2 aromatic carbocycles. The molecule has 0 bridgehead atoms. The molecule has 0 saturated heterocycles. The summed E-state index contributed by atoms with van der Waals surface area (Å²) in [5.41, 5.74) is -0.767. The first kappa shape index (κ1) is 32.3. The fourth-order valence-corrected chi connectivity index (χ4v) is 13.5. The average molecular weight is 634 g/mol. The van der Waals surface area contributed by atoms with Crippen molar-refractivity contribution >= 4 is 31.3 Å². The molecule has 0 atom stereocenters. The second-order valence-electron chi connectivity index (χ2n) is 11.2. The van der Waals surface area contributed by atoms with Crippen molar-refractivity contribution in [3.05, 3.63) is 91.7 Å². The number of ether oxygens (including phenoxy) is 2. The van der Waals surface area contributed by atoms with E-state index in [-0.39, 0.29) is 49.3 Å².